The number of aryl methyl sites for hydroxylation is 1. The second kappa shape index (κ2) is 13.4. The van der Waals surface area contributed by atoms with Crippen molar-refractivity contribution in [3.8, 4) is 17.1 Å². The average Bonchev–Trinajstić information content (AvgIpc) is 2.82. The van der Waals surface area contributed by atoms with E-state index in [0.29, 0.717) is 11.3 Å². The lowest BCUT2D eigenvalue weighted by Gasteiger charge is -2.24. The quantitative estimate of drug-likeness (QED) is 0.236. The first kappa shape index (κ1) is 35.0. The smallest absolute Gasteiger partial charge is 0.335 e. The molecule has 3 rings (SSSR count). The lowest BCUT2D eigenvalue weighted by atomic mass is 9.84. The Balaban J connectivity index is 0.00000616. The summed E-state index contributed by atoms with van der Waals surface area (Å²) in [6, 6.07) is 10.9. The third-order valence-electron chi connectivity index (χ3n) is 6.34. The molecule has 0 saturated carbocycles. The van der Waals surface area contributed by atoms with Crippen molar-refractivity contribution in [2.75, 3.05) is 11.3 Å². The topological polar surface area (TPSA) is 144 Å². The van der Waals surface area contributed by atoms with Gasteiger partial charge in [0.05, 0.1) is 16.2 Å². The molecule has 0 radical (unpaired) electrons. The first-order valence-electron chi connectivity index (χ1n) is 13.6. The molecule has 0 aliphatic heterocycles. The summed E-state index contributed by atoms with van der Waals surface area (Å²) in [6.07, 6.45) is 1.49. The van der Waals surface area contributed by atoms with Crippen molar-refractivity contribution >= 4 is 34.3 Å². The van der Waals surface area contributed by atoms with Crippen LogP contribution in [-0.4, -0.2) is 42.1 Å². The van der Waals surface area contributed by atoms with Crippen LogP contribution < -0.4 is 15.2 Å². The normalized spacial score (nSPS) is 12.8. The number of aromatic nitrogens is 2. The van der Waals surface area contributed by atoms with Crippen LogP contribution in [0.3, 0.4) is 0 Å². The van der Waals surface area contributed by atoms with Gasteiger partial charge in [0, 0.05) is 17.2 Å². The van der Waals surface area contributed by atoms with Gasteiger partial charge in [-0.15, -0.1) is 12.4 Å². The number of nitrogens with zero attached hydrogens (tertiary/aromatic N) is 2. The summed E-state index contributed by atoms with van der Waals surface area (Å²) < 4.78 is 35.2. The number of rotatable bonds is 10. The van der Waals surface area contributed by atoms with Crippen LogP contribution >= 0.6 is 12.4 Å². The van der Waals surface area contributed by atoms with E-state index in [-0.39, 0.29) is 58.2 Å². The molecule has 230 valence electrons. The van der Waals surface area contributed by atoms with E-state index in [1.807, 2.05) is 26.0 Å². The number of anilines is 1. The lowest BCUT2D eigenvalue weighted by Crippen LogP contribution is -2.32. The number of carboxylic acids is 1. The number of hydrogen-bond donors (Lipinski definition) is 3. The van der Waals surface area contributed by atoms with E-state index < -0.39 is 16.0 Å². The fourth-order valence-corrected chi connectivity index (χ4v) is 5.71. The van der Waals surface area contributed by atoms with Crippen LogP contribution in [0.15, 0.2) is 47.4 Å². The number of ether oxygens (including phenoxy) is 1. The summed E-state index contributed by atoms with van der Waals surface area (Å²) in [5, 5.41) is 9.33. The summed E-state index contributed by atoms with van der Waals surface area (Å²) in [4.78, 5) is 20.3. The predicted molar refractivity (Wildman–Crippen MR) is 169 cm³/mol. The number of sulfonamides is 1. The minimum absolute atomic E-state index is 0. The van der Waals surface area contributed by atoms with E-state index >= 15 is 0 Å². The first-order chi connectivity index (χ1) is 18.9. The lowest BCUT2D eigenvalue weighted by molar-refractivity contribution is 0.0696. The first-order valence-corrected chi connectivity index (χ1v) is 15.1. The highest BCUT2D eigenvalue weighted by Gasteiger charge is 2.25. The molecule has 11 heteroatoms. The summed E-state index contributed by atoms with van der Waals surface area (Å²) in [6.45, 7) is 16.8. The fraction of sp³-hybridized carbons (Fsp3) is 0.452. The van der Waals surface area contributed by atoms with Crippen LogP contribution in [0.2, 0.25) is 0 Å². The van der Waals surface area contributed by atoms with E-state index in [0.717, 1.165) is 35.6 Å². The zero-order valence-corrected chi connectivity index (χ0v) is 27.2. The third kappa shape index (κ3) is 9.40. The number of carbonyl (C=O) groups is 1. The Morgan fingerprint density at radius 2 is 1.67 bits per heavy atom. The number of halogens is 1. The van der Waals surface area contributed by atoms with Crippen molar-refractivity contribution in [3.63, 3.8) is 0 Å². The number of hydrogen-bond acceptors (Lipinski definition) is 7. The van der Waals surface area contributed by atoms with Crippen molar-refractivity contribution in [3.05, 3.63) is 64.7 Å². The predicted octanol–water partition coefficient (Wildman–Crippen LogP) is 6.41. The van der Waals surface area contributed by atoms with E-state index in [2.05, 4.69) is 62.3 Å². The molecular weight excluding hydrogens is 576 g/mol. The van der Waals surface area contributed by atoms with Crippen LogP contribution in [0, 0.1) is 24.7 Å². The summed E-state index contributed by atoms with van der Waals surface area (Å²) in [5.41, 5.74) is 10.3. The zero-order chi connectivity index (χ0) is 30.8. The van der Waals surface area contributed by atoms with Crippen LogP contribution in [0.5, 0.6) is 5.88 Å². The summed E-state index contributed by atoms with van der Waals surface area (Å²) >= 11 is 0. The molecule has 0 spiro atoms. The largest absolute Gasteiger partial charge is 0.478 e. The van der Waals surface area contributed by atoms with Crippen LogP contribution in [0.4, 0.5) is 5.95 Å². The molecule has 0 amide bonds. The Kier molecular flexibility index (Phi) is 11.2. The molecule has 3 aromatic rings. The van der Waals surface area contributed by atoms with E-state index in [1.54, 1.807) is 0 Å². The standard InChI is InChI=1S/C31H42N4O5S.ClH/c1-19-11-9-13-22(16-30(3,4)5)25(19)26-20(2)27(40-18-23(32)17-31(6,7)8)34-29(33-26)35-41(38,39)24-14-10-12-21(15-24)28(36)37;/h9-15,23H,16-18,32H2,1-8H3,(H,36,37)(H,33,34,35);1H/t23-;/m1./s1. The monoisotopic (exact) mass is 618 g/mol. The third-order valence-corrected chi connectivity index (χ3v) is 7.67. The molecule has 9 nitrogen and oxygen atoms in total. The van der Waals surface area contributed by atoms with Crippen LogP contribution in [0.1, 0.15) is 75.0 Å². The maximum Gasteiger partial charge on any atom is 0.335 e. The SMILES string of the molecule is Cc1cccc(CC(C)(C)C)c1-c1nc(NS(=O)(=O)c2cccc(C(=O)O)c2)nc(OC[C@H](N)CC(C)(C)C)c1C.Cl. The van der Waals surface area contributed by atoms with Crippen LogP contribution in [0.25, 0.3) is 11.3 Å². The maximum absolute atomic E-state index is 13.3. The molecular formula is C31H43ClN4O5S. The van der Waals surface area contributed by atoms with Gasteiger partial charge >= 0.3 is 5.97 Å². The Hall–Kier alpha value is -3.21. The van der Waals surface area contributed by atoms with Gasteiger partial charge in [0.15, 0.2) is 0 Å². The fourth-order valence-electron chi connectivity index (χ4n) is 4.72. The van der Waals surface area contributed by atoms with Gasteiger partial charge in [-0.1, -0.05) is 65.8 Å². The van der Waals surface area contributed by atoms with Gasteiger partial charge in [-0.2, -0.15) is 4.98 Å². The van der Waals surface area contributed by atoms with Crippen molar-refractivity contribution in [1.82, 2.24) is 9.97 Å². The van der Waals surface area contributed by atoms with Crippen molar-refractivity contribution < 1.29 is 23.1 Å². The Labute approximate surface area is 255 Å². The molecule has 0 aliphatic rings. The summed E-state index contributed by atoms with van der Waals surface area (Å²) in [7, 11) is -4.22. The Morgan fingerprint density at radius 1 is 1.02 bits per heavy atom. The van der Waals surface area contributed by atoms with Crippen LogP contribution in [-0.2, 0) is 16.4 Å². The van der Waals surface area contributed by atoms with Crippen molar-refractivity contribution in [1.29, 1.82) is 0 Å². The highest BCUT2D eigenvalue weighted by Crippen LogP contribution is 2.36. The van der Waals surface area contributed by atoms with Gasteiger partial charge in [-0.05, 0) is 66.8 Å². The molecule has 4 N–H and O–H groups in total. The molecule has 0 aliphatic carbocycles. The van der Waals surface area contributed by atoms with Crippen molar-refractivity contribution in [2.45, 2.75) is 79.2 Å². The maximum atomic E-state index is 13.3. The second-order valence-corrected chi connectivity index (χ2v) is 14.6. The number of carboxylic acid groups (broad SMARTS) is 1. The average molecular weight is 619 g/mol. The van der Waals surface area contributed by atoms with Gasteiger partial charge < -0.3 is 15.6 Å². The van der Waals surface area contributed by atoms with Gasteiger partial charge in [0.1, 0.15) is 6.61 Å². The molecule has 1 atom stereocenters. The summed E-state index contributed by atoms with van der Waals surface area (Å²) in [5.74, 6) is -1.19. The zero-order valence-electron chi connectivity index (χ0n) is 25.6. The molecule has 0 unspecified atom stereocenters. The number of aromatic carboxylic acids is 1. The molecule has 0 saturated heterocycles. The highest BCUT2D eigenvalue weighted by molar-refractivity contribution is 7.92. The Morgan fingerprint density at radius 3 is 2.26 bits per heavy atom. The Bertz CT molecular complexity index is 1530. The minimum Gasteiger partial charge on any atom is -0.478 e. The molecule has 0 fully saturated rings. The van der Waals surface area contributed by atoms with E-state index in [4.69, 9.17) is 10.5 Å². The molecule has 0 bridgehead atoms. The van der Waals surface area contributed by atoms with Gasteiger partial charge in [-0.3, -0.25) is 0 Å². The minimum atomic E-state index is -4.22. The van der Waals surface area contributed by atoms with Gasteiger partial charge in [0.2, 0.25) is 11.8 Å². The number of benzene rings is 2. The number of nitrogens with one attached hydrogen (secondary N) is 1. The molecule has 42 heavy (non-hydrogen) atoms. The van der Waals surface area contributed by atoms with Gasteiger partial charge in [-0.25, -0.2) is 22.9 Å². The van der Waals surface area contributed by atoms with Gasteiger partial charge in [0.25, 0.3) is 10.0 Å². The highest BCUT2D eigenvalue weighted by atomic mass is 35.5. The molecule has 1 heterocycles. The van der Waals surface area contributed by atoms with E-state index in [9.17, 15) is 18.3 Å². The van der Waals surface area contributed by atoms with E-state index in [1.165, 1.54) is 18.2 Å². The molecule has 2 aromatic carbocycles. The molecule has 1 aromatic heterocycles. The second-order valence-electron chi connectivity index (χ2n) is 12.9. The van der Waals surface area contributed by atoms with Crippen molar-refractivity contribution in [2.24, 2.45) is 16.6 Å². The number of nitrogens with two attached hydrogens (primary N) is 1.